The third-order valence-corrected chi connectivity index (χ3v) is 1.69. The quantitative estimate of drug-likeness (QED) is 0.624. The van der Waals surface area contributed by atoms with Crippen molar-refractivity contribution in [2.24, 2.45) is 5.41 Å². The number of nitrogens with zero attached hydrogens (tertiary/aromatic N) is 1. The van der Waals surface area contributed by atoms with Gasteiger partial charge in [-0.05, 0) is 11.8 Å². The van der Waals surface area contributed by atoms with Gasteiger partial charge in [0.25, 0.3) is 0 Å². The highest BCUT2D eigenvalue weighted by atomic mass is 15.5. The number of hydrazine groups is 1. The lowest BCUT2D eigenvalue weighted by Crippen LogP contribution is -2.49. The van der Waals surface area contributed by atoms with E-state index in [-0.39, 0.29) is 0 Å². The smallest absolute Gasteiger partial charge is 0.0151 e. The topological polar surface area (TPSA) is 15.3 Å². The summed E-state index contributed by atoms with van der Waals surface area (Å²) in [6.07, 6.45) is 1.36. The van der Waals surface area contributed by atoms with E-state index in [1.165, 1.54) is 19.5 Å². The molecular formula is C8H18N2. The Balaban J connectivity index is 2.04. The standard InChI is InChI=1S/C8H18N2/c1-8(2,3)7-9-10-5-4-6-10/h9H,4-7H2,1-3H3. The summed E-state index contributed by atoms with van der Waals surface area (Å²) in [5, 5.41) is 2.28. The van der Waals surface area contributed by atoms with Gasteiger partial charge < -0.3 is 0 Å². The van der Waals surface area contributed by atoms with Crippen LogP contribution in [0.4, 0.5) is 0 Å². The molecule has 1 rings (SSSR count). The minimum atomic E-state index is 0.412. The first-order chi connectivity index (χ1) is 4.58. The Labute approximate surface area is 63.6 Å². The van der Waals surface area contributed by atoms with E-state index in [1.807, 2.05) is 0 Å². The molecule has 0 spiro atoms. The average molecular weight is 142 g/mol. The molecule has 10 heavy (non-hydrogen) atoms. The first-order valence-corrected chi connectivity index (χ1v) is 4.06. The van der Waals surface area contributed by atoms with Crippen molar-refractivity contribution in [3.05, 3.63) is 0 Å². The Bertz CT molecular complexity index is 100. The second-order valence-electron chi connectivity index (χ2n) is 4.24. The van der Waals surface area contributed by atoms with Crippen molar-refractivity contribution < 1.29 is 0 Å². The zero-order valence-corrected chi connectivity index (χ0v) is 7.28. The van der Waals surface area contributed by atoms with E-state index in [2.05, 4.69) is 31.2 Å². The molecule has 0 aromatic heterocycles. The number of hydrogen-bond acceptors (Lipinski definition) is 2. The normalized spacial score (nSPS) is 20.7. The van der Waals surface area contributed by atoms with Gasteiger partial charge in [0, 0.05) is 19.6 Å². The second-order valence-corrected chi connectivity index (χ2v) is 4.24. The van der Waals surface area contributed by atoms with Crippen molar-refractivity contribution >= 4 is 0 Å². The molecular weight excluding hydrogens is 124 g/mol. The fourth-order valence-corrected chi connectivity index (χ4v) is 0.823. The van der Waals surface area contributed by atoms with Crippen molar-refractivity contribution in [1.29, 1.82) is 0 Å². The molecule has 0 aromatic carbocycles. The maximum Gasteiger partial charge on any atom is 0.0151 e. The van der Waals surface area contributed by atoms with Crippen LogP contribution in [0.15, 0.2) is 0 Å². The number of hydrogen-bond donors (Lipinski definition) is 1. The van der Waals surface area contributed by atoms with E-state index in [4.69, 9.17) is 0 Å². The highest BCUT2D eigenvalue weighted by Gasteiger charge is 2.16. The molecule has 0 unspecified atom stereocenters. The Morgan fingerprint density at radius 1 is 1.30 bits per heavy atom. The van der Waals surface area contributed by atoms with Crippen LogP contribution in [-0.2, 0) is 0 Å². The van der Waals surface area contributed by atoms with Gasteiger partial charge in [0.1, 0.15) is 0 Å². The lowest BCUT2D eigenvalue weighted by Gasteiger charge is -2.34. The van der Waals surface area contributed by atoms with E-state index in [1.54, 1.807) is 0 Å². The molecule has 0 saturated carbocycles. The van der Waals surface area contributed by atoms with Crippen LogP contribution in [0.1, 0.15) is 27.2 Å². The van der Waals surface area contributed by atoms with Crippen LogP contribution in [0, 0.1) is 5.41 Å². The molecule has 1 heterocycles. The zero-order valence-electron chi connectivity index (χ0n) is 7.28. The Morgan fingerprint density at radius 3 is 2.20 bits per heavy atom. The molecule has 1 saturated heterocycles. The van der Waals surface area contributed by atoms with Crippen molar-refractivity contribution in [3.8, 4) is 0 Å². The minimum Gasteiger partial charge on any atom is -0.255 e. The summed E-state index contributed by atoms with van der Waals surface area (Å²) in [7, 11) is 0. The molecule has 1 N–H and O–H groups in total. The number of nitrogens with one attached hydrogen (secondary N) is 1. The first kappa shape index (κ1) is 8.02. The molecule has 2 nitrogen and oxygen atoms in total. The van der Waals surface area contributed by atoms with E-state index >= 15 is 0 Å². The van der Waals surface area contributed by atoms with Crippen LogP contribution < -0.4 is 5.43 Å². The maximum absolute atomic E-state index is 3.39. The lowest BCUT2D eigenvalue weighted by molar-refractivity contribution is 0.0902. The molecule has 0 radical (unpaired) electrons. The van der Waals surface area contributed by atoms with E-state index < -0.39 is 0 Å². The zero-order chi connectivity index (χ0) is 7.61. The third kappa shape index (κ3) is 2.67. The minimum absolute atomic E-state index is 0.412. The van der Waals surface area contributed by atoms with Gasteiger partial charge >= 0.3 is 0 Å². The van der Waals surface area contributed by atoms with Gasteiger partial charge in [-0.25, -0.2) is 5.01 Å². The highest BCUT2D eigenvalue weighted by Crippen LogP contribution is 2.11. The molecule has 1 aliphatic heterocycles. The molecule has 60 valence electrons. The summed E-state index contributed by atoms with van der Waals surface area (Å²) in [6.45, 7) is 10.3. The third-order valence-electron chi connectivity index (χ3n) is 1.69. The molecule has 1 aliphatic rings. The van der Waals surface area contributed by atoms with Crippen molar-refractivity contribution in [3.63, 3.8) is 0 Å². The molecule has 0 amide bonds. The van der Waals surface area contributed by atoms with Gasteiger partial charge in [-0.15, -0.1) is 0 Å². The van der Waals surface area contributed by atoms with Gasteiger partial charge in [-0.1, -0.05) is 20.8 Å². The summed E-state index contributed by atoms with van der Waals surface area (Å²) in [6, 6.07) is 0. The molecule has 0 bridgehead atoms. The van der Waals surface area contributed by atoms with Gasteiger partial charge in [0.05, 0.1) is 0 Å². The van der Waals surface area contributed by atoms with Crippen molar-refractivity contribution in [2.45, 2.75) is 27.2 Å². The largest absolute Gasteiger partial charge is 0.255 e. The molecule has 0 aliphatic carbocycles. The summed E-state index contributed by atoms with van der Waals surface area (Å²) in [5.41, 5.74) is 3.80. The average Bonchev–Trinajstić information content (AvgIpc) is 1.56. The monoisotopic (exact) mass is 142 g/mol. The van der Waals surface area contributed by atoms with Gasteiger partial charge in [0.15, 0.2) is 0 Å². The number of rotatable bonds is 2. The van der Waals surface area contributed by atoms with Crippen molar-refractivity contribution in [1.82, 2.24) is 10.4 Å². The van der Waals surface area contributed by atoms with E-state index in [9.17, 15) is 0 Å². The van der Waals surface area contributed by atoms with Crippen LogP contribution >= 0.6 is 0 Å². The van der Waals surface area contributed by atoms with Crippen molar-refractivity contribution in [2.75, 3.05) is 19.6 Å². The fourth-order valence-electron chi connectivity index (χ4n) is 0.823. The van der Waals surface area contributed by atoms with Gasteiger partial charge in [0.2, 0.25) is 0 Å². The van der Waals surface area contributed by atoms with Crippen LogP contribution in [0.25, 0.3) is 0 Å². The first-order valence-electron chi connectivity index (χ1n) is 4.06. The fraction of sp³-hybridized carbons (Fsp3) is 1.00. The molecule has 1 fully saturated rings. The summed E-state index contributed by atoms with van der Waals surface area (Å²) >= 11 is 0. The van der Waals surface area contributed by atoms with Crippen LogP contribution in [0.2, 0.25) is 0 Å². The summed E-state index contributed by atoms with van der Waals surface area (Å²) in [4.78, 5) is 0. The Kier molecular flexibility index (Phi) is 2.32. The molecule has 0 aromatic rings. The Hall–Kier alpha value is -0.0800. The van der Waals surface area contributed by atoms with E-state index in [0.717, 1.165) is 6.54 Å². The molecule has 0 atom stereocenters. The summed E-state index contributed by atoms with van der Waals surface area (Å²) in [5.74, 6) is 0. The highest BCUT2D eigenvalue weighted by molar-refractivity contribution is 4.68. The maximum atomic E-state index is 3.39. The second kappa shape index (κ2) is 2.89. The molecule has 2 heteroatoms. The summed E-state index contributed by atoms with van der Waals surface area (Å²) < 4.78 is 0. The Morgan fingerprint density at radius 2 is 1.90 bits per heavy atom. The van der Waals surface area contributed by atoms with Crippen LogP contribution in [0.5, 0.6) is 0 Å². The predicted molar refractivity (Wildman–Crippen MR) is 43.6 cm³/mol. The van der Waals surface area contributed by atoms with Crippen LogP contribution in [-0.4, -0.2) is 24.6 Å². The van der Waals surface area contributed by atoms with E-state index in [0.29, 0.717) is 5.41 Å². The predicted octanol–water partition coefficient (Wildman–Crippen LogP) is 1.24. The lowest BCUT2D eigenvalue weighted by atomic mass is 9.97. The van der Waals surface area contributed by atoms with Gasteiger partial charge in [-0.2, -0.15) is 0 Å². The van der Waals surface area contributed by atoms with Gasteiger partial charge in [-0.3, -0.25) is 5.43 Å². The SMILES string of the molecule is CC(C)(C)CNN1CCC1. The van der Waals surface area contributed by atoms with Crippen LogP contribution in [0.3, 0.4) is 0 Å².